The van der Waals surface area contributed by atoms with E-state index in [4.69, 9.17) is 16.3 Å². The lowest BCUT2D eigenvalue weighted by atomic mass is 10.1. The van der Waals surface area contributed by atoms with E-state index in [1.807, 2.05) is 41.4 Å². The molecule has 0 atom stereocenters. The van der Waals surface area contributed by atoms with Crippen LogP contribution in [0.15, 0.2) is 48.7 Å². The van der Waals surface area contributed by atoms with Gasteiger partial charge in [-0.05, 0) is 48.0 Å². The van der Waals surface area contributed by atoms with Gasteiger partial charge in [0, 0.05) is 54.0 Å². The topological polar surface area (TPSA) is 48.6 Å². The van der Waals surface area contributed by atoms with E-state index in [-0.39, 0.29) is 5.91 Å². The van der Waals surface area contributed by atoms with E-state index >= 15 is 0 Å². The Balaban J connectivity index is 1.38. The Bertz CT molecular complexity index is 944. The van der Waals surface area contributed by atoms with Crippen molar-refractivity contribution in [2.24, 2.45) is 0 Å². The van der Waals surface area contributed by atoms with Crippen LogP contribution in [0.1, 0.15) is 5.56 Å². The summed E-state index contributed by atoms with van der Waals surface area (Å²) in [5.41, 5.74) is 3.16. The molecule has 3 aromatic rings. The molecule has 0 spiro atoms. The van der Waals surface area contributed by atoms with E-state index in [9.17, 15) is 4.79 Å². The van der Waals surface area contributed by atoms with Gasteiger partial charge in [-0.15, -0.1) is 0 Å². The Morgan fingerprint density at radius 1 is 1.11 bits per heavy atom. The summed E-state index contributed by atoms with van der Waals surface area (Å²) in [6, 6.07) is 13.8. The molecular formula is C21H22ClN3O2. The van der Waals surface area contributed by atoms with E-state index in [0.29, 0.717) is 11.4 Å². The highest BCUT2D eigenvalue weighted by molar-refractivity contribution is 6.31. The van der Waals surface area contributed by atoms with Crippen LogP contribution in [0.25, 0.3) is 10.9 Å². The number of H-pyrrole nitrogens is 1. The first-order valence-corrected chi connectivity index (χ1v) is 9.44. The van der Waals surface area contributed by atoms with Gasteiger partial charge in [-0.1, -0.05) is 11.6 Å². The Morgan fingerprint density at radius 2 is 1.85 bits per heavy atom. The highest BCUT2D eigenvalue weighted by Crippen LogP contribution is 2.24. The number of aromatic nitrogens is 1. The predicted molar refractivity (Wildman–Crippen MR) is 109 cm³/mol. The first-order valence-electron chi connectivity index (χ1n) is 9.06. The van der Waals surface area contributed by atoms with Crippen LogP contribution in [0.4, 0.5) is 5.69 Å². The number of benzene rings is 2. The molecule has 1 saturated heterocycles. The molecule has 5 nitrogen and oxygen atoms in total. The van der Waals surface area contributed by atoms with E-state index in [1.165, 1.54) is 0 Å². The number of fused-ring (bicyclic) bond motifs is 1. The Morgan fingerprint density at radius 3 is 2.56 bits per heavy atom. The molecule has 27 heavy (non-hydrogen) atoms. The predicted octanol–water partition coefficient (Wildman–Crippen LogP) is 3.72. The molecule has 0 bridgehead atoms. The Kier molecular flexibility index (Phi) is 4.94. The van der Waals surface area contributed by atoms with E-state index in [0.717, 1.165) is 54.1 Å². The lowest BCUT2D eigenvalue weighted by Gasteiger charge is -2.36. The van der Waals surface area contributed by atoms with Gasteiger partial charge in [-0.3, -0.25) is 4.79 Å². The largest absolute Gasteiger partial charge is 0.497 e. The van der Waals surface area contributed by atoms with Gasteiger partial charge in [0.05, 0.1) is 13.5 Å². The third kappa shape index (κ3) is 3.74. The van der Waals surface area contributed by atoms with Crippen LogP contribution in [-0.2, 0) is 11.2 Å². The van der Waals surface area contributed by atoms with Crippen molar-refractivity contribution in [1.29, 1.82) is 0 Å². The zero-order valence-corrected chi connectivity index (χ0v) is 16.0. The van der Waals surface area contributed by atoms with E-state index in [2.05, 4.69) is 22.0 Å². The monoisotopic (exact) mass is 383 g/mol. The fourth-order valence-electron chi connectivity index (χ4n) is 3.58. The van der Waals surface area contributed by atoms with E-state index in [1.54, 1.807) is 7.11 Å². The lowest BCUT2D eigenvalue weighted by Crippen LogP contribution is -2.49. The average Bonchev–Trinajstić information content (AvgIpc) is 3.10. The second-order valence-electron chi connectivity index (χ2n) is 6.75. The molecule has 0 radical (unpaired) electrons. The van der Waals surface area contributed by atoms with Gasteiger partial charge in [0.2, 0.25) is 5.91 Å². The number of aromatic amines is 1. The fourth-order valence-corrected chi connectivity index (χ4v) is 3.75. The summed E-state index contributed by atoms with van der Waals surface area (Å²) in [6.07, 6.45) is 2.30. The van der Waals surface area contributed by atoms with E-state index < -0.39 is 0 Å². The minimum atomic E-state index is 0.158. The van der Waals surface area contributed by atoms with Gasteiger partial charge in [-0.25, -0.2) is 0 Å². The van der Waals surface area contributed by atoms with Crippen molar-refractivity contribution in [2.45, 2.75) is 6.42 Å². The zero-order valence-electron chi connectivity index (χ0n) is 15.2. The zero-order chi connectivity index (χ0) is 18.8. The molecule has 0 saturated carbocycles. The van der Waals surface area contributed by atoms with Crippen molar-refractivity contribution in [3.05, 3.63) is 59.2 Å². The van der Waals surface area contributed by atoms with Crippen LogP contribution < -0.4 is 9.64 Å². The molecule has 140 valence electrons. The van der Waals surface area contributed by atoms with Gasteiger partial charge < -0.3 is 19.5 Å². The quantitative estimate of drug-likeness (QED) is 0.747. The number of hydrogen-bond acceptors (Lipinski definition) is 3. The molecule has 6 heteroatoms. The maximum Gasteiger partial charge on any atom is 0.227 e. The number of halogens is 1. The number of carbonyl (C=O) groups is 1. The van der Waals surface area contributed by atoms with Crippen molar-refractivity contribution >= 4 is 34.1 Å². The fraction of sp³-hybridized carbons (Fsp3) is 0.286. The Hall–Kier alpha value is -2.66. The van der Waals surface area contributed by atoms with Gasteiger partial charge in [0.25, 0.3) is 0 Å². The van der Waals surface area contributed by atoms with Crippen LogP contribution >= 0.6 is 11.6 Å². The molecule has 2 aromatic carbocycles. The molecule has 1 aliphatic heterocycles. The summed E-state index contributed by atoms with van der Waals surface area (Å²) in [6.45, 7) is 3.12. The molecule has 0 aliphatic carbocycles. The summed E-state index contributed by atoms with van der Waals surface area (Å²) in [5.74, 6) is 1.01. The molecule has 4 rings (SSSR count). The summed E-state index contributed by atoms with van der Waals surface area (Å²) in [5, 5.41) is 1.71. The smallest absolute Gasteiger partial charge is 0.227 e. The summed E-state index contributed by atoms with van der Waals surface area (Å²) in [7, 11) is 1.67. The van der Waals surface area contributed by atoms with Crippen molar-refractivity contribution in [1.82, 2.24) is 9.88 Å². The SMILES string of the molecule is COc1ccc(N2CCN(C(=O)Cc3c[nH]c4ccc(Cl)cc34)CC2)cc1. The van der Waals surface area contributed by atoms with Gasteiger partial charge in [0.15, 0.2) is 0 Å². The van der Waals surface area contributed by atoms with Crippen LogP contribution in [0.2, 0.25) is 5.02 Å². The molecule has 1 aromatic heterocycles. The van der Waals surface area contributed by atoms with Crippen LogP contribution in [0.3, 0.4) is 0 Å². The minimum absolute atomic E-state index is 0.158. The van der Waals surface area contributed by atoms with Gasteiger partial charge in [0.1, 0.15) is 5.75 Å². The number of ether oxygens (including phenoxy) is 1. The molecule has 1 aliphatic rings. The number of methoxy groups -OCH3 is 1. The van der Waals surface area contributed by atoms with Crippen molar-refractivity contribution in [3.63, 3.8) is 0 Å². The van der Waals surface area contributed by atoms with Crippen molar-refractivity contribution < 1.29 is 9.53 Å². The average molecular weight is 384 g/mol. The second-order valence-corrected chi connectivity index (χ2v) is 7.18. The summed E-state index contributed by atoms with van der Waals surface area (Å²) < 4.78 is 5.21. The highest BCUT2D eigenvalue weighted by Gasteiger charge is 2.22. The number of nitrogens with one attached hydrogen (secondary N) is 1. The number of nitrogens with zero attached hydrogens (tertiary/aromatic N) is 2. The van der Waals surface area contributed by atoms with Crippen LogP contribution in [0.5, 0.6) is 5.75 Å². The number of piperazine rings is 1. The molecule has 1 fully saturated rings. The van der Waals surface area contributed by atoms with Crippen LogP contribution in [-0.4, -0.2) is 49.1 Å². The number of hydrogen-bond donors (Lipinski definition) is 1. The lowest BCUT2D eigenvalue weighted by molar-refractivity contribution is -0.130. The normalized spacial score (nSPS) is 14.6. The molecule has 2 heterocycles. The molecule has 1 N–H and O–H groups in total. The van der Waals surface area contributed by atoms with Gasteiger partial charge >= 0.3 is 0 Å². The first kappa shape index (κ1) is 17.7. The number of amides is 1. The summed E-state index contributed by atoms with van der Waals surface area (Å²) in [4.78, 5) is 20.2. The summed E-state index contributed by atoms with van der Waals surface area (Å²) >= 11 is 6.10. The number of anilines is 1. The number of rotatable bonds is 4. The molecule has 0 unspecified atom stereocenters. The van der Waals surface area contributed by atoms with Gasteiger partial charge in [-0.2, -0.15) is 0 Å². The molecular weight excluding hydrogens is 362 g/mol. The standard InChI is InChI=1S/C21H22ClN3O2/c1-27-18-5-3-17(4-6-18)24-8-10-25(11-9-24)21(26)12-15-14-23-20-7-2-16(22)13-19(15)20/h2-7,13-14,23H,8-12H2,1H3. The minimum Gasteiger partial charge on any atom is -0.497 e. The van der Waals surface area contributed by atoms with Crippen molar-refractivity contribution in [2.75, 3.05) is 38.2 Å². The van der Waals surface area contributed by atoms with Crippen molar-refractivity contribution in [3.8, 4) is 5.75 Å². The maximum atomic E-state index is 12.8. The molecule has 1 amide bonds. The highest BCUT2D eigenvalue weighted by atomic mass is 35.5. The maximum absolute atomic E-state index is 12.8. The number of carbonyl (C=O) groups excluding carboxylic acids is 1. The first-order chi connectivity index (χ1) is 13.1. The van der Waals surface area contributed by atoms with Crippen LogP contribution in [0, 0.1) is 0 Å². The second kappa shape index (κ2) is 7.53. The Labute approximate surface area is 163 Å². The third-order valence-electron chi connectivity index (χ3n) is 5.14. The third-order valence-corrected chi connectivity index (χ3v) is 5.38.